The number of hydrogen-bond donors (Lipinski definition) is 2. The molecule has 2 nitrogen and oxygen atoms in total. The third-order valence-electron chi connectivity index (χ3n) is 5.48. The number of hydrogen-bond acceptors (Lipinski definition) is 2. The average molecular weight is 363 g/mol. The van der Waals surface area contributed by atoms with Crippen LogP contribution in [-0.4, -0.2) is 10.2 Å². The number of benzene rings is 1. The lowest BCUT2D eigenvalue weighted by Gasteiger charge is -2.07. The number of aromatic hydroxyl groups is 2. The van der Waals surface area contributed by atoms with E-state index in [2.05, 4.69) is 6.92 Å². The van der Waals surface area contributed by atoms with Crippen molar-refractivity contribution in [2.75, 3.05) is 0 Å². The molecule has 0 radical (unpaired) electrons. The molecular weight excluding hydrogens is 320 g/mol. The van der Waals surface area contributed by atoms with E-state index in [1.165, 1.54) is 89.9 Å². The first-order chi connectivity index (χ1) is 12.6. The molecule has 0 atom stereocenters. The average Bonchev–Trinajstić information content (AvgIpc) is 2.62. The summed E-state index contributed by atoms with van der Waals surface area (Å²) in [6.45, 7) is 4.02. The van der Waals surface area contributed by atoms with Crippen molar-refractivity contribution in [1.82, 2.24) is 0 Å². The van der Waals surface area contributed by atoms with Crippen LogP contribution in [0, 0.1) is 6.92 Å². The molecule has 0 aromatic heterocycles. The summed E-state index contributed by atoms with van der Waals surface area (Å²) in [7, 11) is 0. The fraction of sp³-hybridized carbons (Fsp3) is 0.750. The standard InChI is InChI=1S/C24H42O2/c1-3-4-5-6-7-8-9-10-11-12-13-14-15-16-17-18-22-19-23(25)21(2)24(26)20-22/h19-20,25-26H,3-18H2,1-2H3. The number of rotatable bonds is 16. The van der Waals surface area contributed by atoms with Crippen molar-refractivity contribution in [1.29, 1.82) is 0 Å². The maximum atomic E-state index is 9.75. The Bertz CT molecular complexity index is 444. The zero-order valence-electron chi connectivity index (χ0n) is 17.4. The topological polar surface area (TPSA) is 40.5 Å². The quantitative estimate of drug-likeness (QED) is 0.294. The molecule has 0 amide bonds. The van der Waals surface area contributed by atoms with Crippen LogP contribution in [0.15, 0.2) is 12.1 Å². The Morgan fingerprint density at radius 1 is 0.577 bits per heavy atom. The number of aryl methyl sites for hydroxylation is 1. The number of unbranched alkanes of at least 4 members (excludes halogenated alkanes) is 14. The molecule has 0 bridgehead atoms. The van der Waals surface area contributed by atoms with Gasteiger partial charge in [-0.05, 0) is 37.5 Å². The van der Waals surface area contributed by atoms with Crippen molar-refractivity contribution in [2.24, 2.45) is 0 Å². The predicted octanol–water partition coefficient (Wildman–Crippen LogP) is 7.82. The van der Waals surface area contributed by atoms with Gasteiger partial charge in [0.05, 0.1) is 0 Å². The third-order valence-corrected chi connectivity index (χ3v) is 5.48. The Morgan fingerprint density at radius 2 is 0.923 bits per heavy atom. The second kappa shape index (κ2) is 14.9. The van der Waals surface area contributed by atoms with Crippen LogP contribution in [-0.2, 0) is 6.42 Å². The van der Waals surface area contributed by atoms with Gasteiger partial charge in [-0.2, -0.15) is 0 Å². The first-order valence-corrected chi connectivity index (χ1v) is 11.2. The zero-order chi connectivity index (χ0) is 19.0. The van der Waals surface area contributed by atoms with Crippen LogP contribution in [0.1, 0.15) is 114 Å². The van der Waals surface area contributed by atoms with Crippen molar-refractivity contribution in [3.05, 3.63) is 23.3 Å². The Morgan fingerprint density at radius 3 is 1.31 bits per heavy atom. The highest BCUT2D eigenvalue weighted by molar-refractivity contribution is 5.45. The Hall–Kier alpha value is -1.18. The largest absolute Gasteiger partial charge is 0.508 e. The molecule has 150 valence electrons. The molecule has 0 fully saturated rings. The number of phenols is 2. The van der Waals surface area contributed by atoms with E-state index in [9.17, 15) is 10.2 Å². The van der Waals surface area contributed by atoms with Crippen molar-refractivity contribution < 1.29 is 10.2 Å². The molecule has 2 N–H and O–H groups in total. The maximum Gasteiger partial charge on any atom is 0.122 e. The van der Waals surface area contributed by atoms with Gasteiger partial charge in [-0.15, -0.1) is 0 Å². The lowest BCUT2D eigenvalue weighted by Crippen LogP contribution is -1.88. The highest BCUT2D eigenvalue weighted by Crippen LogP contribution is 2.28. The van der Waals surface area contributed by atoms with Gasteiger partial charge < -0.3 is 10.2 Å². The van der Waals surface area contributed by atoms with Gasteiger partial charge in [-0.3, -0.25) is 0 Å². The van der Waals surface area contributed by atoms with E-state index < -0.39 is 0 Å². The Labute approximate surface area is 162 Å². The second-order valence-corrected chi connectivity index (χ2v) is 7.96. The molecule has 0 saturated carbocycles. The molecule has 0 aliphatic rings. The maximum absolute atomic E-state index is 9.75. The van der Waals surface area contributed by atoms with Crippen LogP contribution in [0.3, 0.4) is 0 Å². The molecule has 1 rings (SSSR count). The monoisotopic (exact) mass is 362 g/mol. The van der Waals surface area contributed by atoms with E-state index in [1.54, 1.807) is 19.1 Å². The SMILES string of the molecule is CCCCCCCCCCCCCCCCCc1cc(O)c(C)c(O)c1. The normalized spacial score (nSPS) is 11.2. The minimum Gasteiger partial charge on any atom is -0.508 e. The lowest BCUT2D eigenvalue weighted by molar-refractivity contribution is 0.441. The van der Waals surface area contributed by atoms with Crippen LogP contribution in [0.2, 0.25) is 0 Å². The van der Waals surface area contributed by atoms with Crippen molar-refractivity contribution in [3.63, 3.8) is 0 Å². The summed E-state index contributed by atoms with van der Waals surface area (Å²) in [6, 6.07) is 3.58. The van der Waals surface area contributed by atoms with Crippen LogP contribution in [0.4, 0.5) is 0 Å². The first-order valence-electron chi connectivity index (χ1n) is 11.2. The van der Waals surface area contributed by atoms with Gasteiger partial charge in [0.2, 0.25) is 0 Å². The minimum atomic E-state index is 0.209. The molecule has 1 aromatic carbocycles. The molecule has 0 aliphatic carbocycles. The summed E-state index contributed by atoms with van der Waals surface area (Å²) in [5.74, 6) is 0.418. The lowest BCUT2D eigenvalue weighted by atomic mass is 10.0. The zero-order valence-corrected chi connectivity index (χ0v) is 17.4. The van der Waals surface area contributed by atoms with E-state index in [1.807, 2.05) is 0 Å². The minimum absolute atomic E-state index is 0.209. The van der Waals surface area contributed by atoms with E-state index in [0.717, 1.165) is 18.4 Å². The van der Waals surface area contributed by atoms with Gasteiger partial charge in [0.25, 0.3) is 0 Å². The first kappa shape index (κ1) is 22.9. The van der Waals surface area contributed by atoms with E-state index >= 15 is 0 Å². The molecule has 26 heavy (non-hydrogen) atoms. The summed E-state index contributed by atoms with van der Waals surface area (Å²) in [6.07, 6.45) is 21.5. The fourth-order valence-corrected chi connectivity index (χ4v) is 3.59. The van der Waals surface area contributed by atoms with E-state index in [4.69, 9.17) is 0 Å². The van der Waals surface area contributed by atoms with Crippen molar-refractivity contribution in [2.45, 2.75) is 117 Å². The molecule has 0 unspecified atom stereocenters. The van der Waals surface area contributed by atoms with Gasteiger partial charge in [0, 0.05) is 5.56 Å². The van der Waals surface area contributed by atoms with Gasteiger partial charge in [0.1, 0.15) is 11.5 Å². The molecule has 0 aliphatic heterocycles. The smallest absolute Gasteiger partial charge is 0.122 e. The summed E-state index contributed by atoms with van der Waals surface area (Å²) in [5, 5.41) is 19.5. The van der Waals surface area contributed by atoms with Gasteiger partial charge in [-0.1, -0.05) is 96.8 Å². The summed E-state index contributed by atoms with van der Waals surface area (Å²) < 4.78 is 0. The summed E-state index contributed by atoms with van der Waals surface area (Å²) in [4.78, 5) is 0. The van der Waals surface area contributed by atoms with E-state index in [0.29, 0.717) is 5.56 Å². The van der Waals surface area contributed by atoms with Gasteiger partial charge in [0.15, 0.2) is 0 Å². The van der Waals surface area contributed by atoms with Crippen molar-refractivity contribution in [3.8, 4) is 11.5 Å². The summed E-state index contributed by atoms with van der Waals surface area (Å²) >= 11 is 0. The van der Waals surface area contributed by atoms with Gasteiger partial charge >= 0.3 is 0 Å². The number of phenolic OH excluding ortho intramolecular Hbond substituents is 2. The second-order valence-electron chi connectivity index (χ2n) is 7.96. The molecule has 2 heteroatoms. The van der Waals surface area contributed by atoms with Crippen LogP contribution >= 0.6 is 0 Å². The molecule has 0 spiro atoms. The third kappa shape index (κ3) is 10.7. The Kier molecular flexibility index (Phi) is 13.1. The Balaban J connectivity index is 1.87. The highest BCUT2D eigenvalue weighted by Gasteiger charge is 2.05. The molecule has 0 saturated heterocycles. The van der Waals surface area contributed by atoms with Crippen LogP contribution < -0.4 is 0 Å². The van der Waals surface area contributed by atoms with E-state index in [-0.39, 0.29) is 11.5 Å². The highest BCUT2D eigenvalue weighted by atomic mass is 16.3. The van der Waals surface area contributed by atoms with Crippen molar-refractivity contribution >= 4 is 0 Å². The van der Waals surface area contributed by atoms with Crippen LogP contribution in [0.25, 0.3) is 0 Å². The molecular formula is C24H42O2. The van der Waals surface area contributed by atoms with Gasteiger partial charge in [-0.25, -0.2) is 0 Å². The molecule has 1 aromatic rings. The van der Waals surface area contributed by atoms with Crippen LogP contribution in [0.5, 0.6) is 11.5 Å². The fourth-order valence-electron chi connectivity index (χ4n) is 3.59. The summed E-state index contributed by atoms with van der Waals surface area (Å²) in [5.41, 5.74) is 1.62. The molecule has 0 heterocycles. The predicted molar refractivity (Wildman–Crippen MR) is 113 cm³/mol.